The maximum absolute atomic E-state index is 11.4. The summed E-state index contributed by atoms with van der Waals surface area (Å²) in [6, 6.07) is 8.63. The third-order valence-corrected chi connectivity index (χ3v) is 6.00. The minimum Gasteiger partial charge on any atom is -0.369 e. The Bertz CT molecular complexity index is 678. The Labute approximate surface area is 158 Å². The summed E-state index contributed by atoms with van der Waals surface area (Å²) in [6.07, 6.45) is 1.03. The summed E-state index contributed by atoms with van der Waals surface area (Å²) < 4.78 is 26.4. The number of aliphatic imine (C=N–C) groups is 1. The molecule has 0 aromatic heterocycles. The van der Waals surface area contributed by atoms with Gasteiger partial charge in [-0.2, -0.15) is 0 Å². The number of anilines is 1. The second-order valence-electron chi connectivity index (χ2n) is 5.85. The lowest BCUT2D eigenvalue weighted by Gasteiger charge is -2.20. The van der Waals surface area contributed by atoms with Gasteiger partial charge in [-0.05, 0) is 37.6 Å². The van der Waals surface area contributed by atoms with Gasteiger partial charge in [-0.3, -0.25) is 4.99 Å². The summed E-state index contributed by atoms with van der Waals surface area (Å²) >= 11 is 3.46. The van der Waals surface area contributed by atoms with Crippen molar-refractivity contribution < 1.29 is 8.42 Å². The predicted molar refractivity (Wildman–Crippen MR) is 107 cm³/mol. The highest BCUT2D eigenvalue weighted by Crippen LogP contribution is 2.22. The van der Waals surface area contributed by atoms with Gasteiger partial charge in [0.2, 0.25) is 10.0 Å². The Balaban J connectivity index is 1.76. The second kappa shape index (κ2) is 9.40. The number of hydrogen-bond donors (Lipinski definition) is 3. The van der Waals surface area contributed by atoms with Gasteiger partial charge in [0.15, 0.2) is 5.96 Å². The van der Waals surface area contributed by atoms with E-state index in [-0.39, 0.29) is 5.75 Å². The van der Waals surface area contributed by atoms with E-state index in [4.69, 9.17) is 0 Å². The van der Waals surface area contributed by atoms with Crippen LogP contribution in [0, 0.1) is 0 Å². The average Bonchev–Trinajstić information content (AvgIpc) is 3.06. The van der Waals surface area contributed by atoms with Crippen molar-refractivity contribution in [2.24, 2.45) is 4.99 Å². The minimum absolute atomic E-state index is 0.0912. The largest absolute Gasteiger partial charge is 0.369 e. The molecule has 1 aliphatic rings. The van der Waals surface area contributed by atoms with E-state index in [0.29, 0.717) is 25.1 Å². The molecule has 1 aliphatic heterocycles. The maximum Gasteiger partial charge on any atom is 0.211 e. The van der Waals surface area contributed by atoms with Crippen LogP contribution in [0.5, 0.6) is 0 Å². The van der Waals surface area contributed by atoms with E-state index in [9.17, 15) is 8.42 Å². The molecule has 140 valence electrons. The SMILES string of the molecule is CCS(=O)(=O)NCCNC(=NC)NC1CCN(c2ccc(Br)cc2)C1. The molecule has 0 radical (unpaired) electrons. The Morgan fingerprint density at radius 2 is 2.04 bits per heavy atom. The molecule has 2 rings (SSSR count). The molecule has 1 aromatic rings. The molecule has 1 aromatic carbocycles. The average molecular weight is 432 g/mol. The van der Waals surface area contributed by atoms with Crippen LogP contribution in [0.1, 0.15) is 13.3 Å². The van der Waals surface area contributed by atoms with Crippen LogP contribution in [0.3, 0.4) is 0 Å². The summed E-state index contributed by atoms with van der Waals surface area (Å²) in [5.74, 6) is 0.784. The molecule has 3 N–H and O–H groups in total. The van der Waals surface area contributed by atoms with Crippen LogP contribution in [0.4, 0.5) is 5.69 Å². The zero-order valence-corrected chi connectivity index (χ0v) is 17.0. The molecule has 0 spiro atoms. The van der Waals surface area contributed by atoms with Crippen LogP contribution >= 0.6 is 15.9 Å². The van der Waals surface area contributed by atoms with E-state index in [1.54, 1.807) is 14.0 Å². The van der Waals surface area contributed by atoms with Crippen molar-refractivity contribution in [3.8, 4) is 0 Å². The molecular weight excluding hydrogens is 406 g/mol. The quantitative estimate of drug-likeness (QED) is 0.342. The molecule has 25 heavy (non-hydrogen) atoms. The molecule has 0 amide bonds. The molecule has 0 aliphatic carbocycles. The predicted octanol–water partition coefficient (Wildman–Crippen LogP) is 1.13. The first-order valence-corrected chi connectivity index (χ1v) is 10.8. The normalized spacial score (nSPS) is 18.4. The van der Waals surface area contributed by atoms with Gasteiger partial charge in [-0.15, -0.1) is 0 Å². The Hall–Kier alpha value is -1.32. The van der Waals surface area contributed by atoms with Crippen molar-refractivity contribution in [1.29, 1.82) is 0 Å². The highest BCUT2D eigenvalue weighted by molar-refractivity contribution is 9.10. The van der Waals surface area contributed by atoms with Crippen LogP contribution < -0.4 is 20.3 Å². The molecule has 1 saturated heterocycles. The third kappa shape index (κ3) is 6.48. The van der Waals surface area contributed by atoms with Gasteiger partial charge in [0.1, 0.15) is 0 Å². The highest BCUT2D eigenvalue weighted by atomic mass is 79.9. The number of halogens is 1. The number of sulfonamides is 1. The number of rotatable bonds is 7. The van der Waals surface area contributed by atoms with Crippen molar-refractivity contribution in [1.82, 2.24) is 15.4 Å². The highest BCUT2D eigenvalue weighted by Gasteiger charge is 2.23. The van der Waals surface area contributed by atoms with Crippen LogP contribution in [0.15, 0.2) is 33.7 Å². The van der Waals surface area contributed by atoms with Gasteiger partial charge in [0.25, 0.3) is 0 Å². The van der Waals surface area contributed by atoms with E-state index in [0.717, 1.165) is 24.0 Å². The monoisotopic (exact) mass is 431 g/mol. The molecular formula is C16H26BrN5O2S. The standard InChI is InChI=1S/C16H26BrN5O2S/c1-3-25(23,24)20-10-9-19-16(18-2)21-14-8-11-22(12-14)15-6-4-13(17)5-7-15/h4-7,14,20H,3,8-12H2,1-2H3,(H2,18,19,21). The summed E-state index contributed by atoms with van der Waals surface area (Å²) in [6.45, 7) is 4.35. The lowest BCUT2D eigenvalue weighted by molar-refractivity contribution is 0.581. The molecule has 9 heteroatoms. The first kappa shape index (κ1) is 20.0. The van der Waals surface area contributed by atoms with E-state index in [1.165, 1.54) is 5.69 Å². The van der Waals surface area contributed by atoms with Gasteiger partial charge in [-0.25, -0.2) is 13.1 Å². The number of hydrogen-bond acceptors (Lipinski definition) is 4. The number of benzene rings is 1. The fourth-order valence-corrected chi connectivity index (χ4v) is 3.52. The van der Waals surface area contributed by atoms with Crippen molar-refractivity contribution in [3.63, 3.8) is 0 Å². The van der Waals surface area contributed by atoms with E-state index < -0.39 is 10.0 Å². The van der Waals surface area contributed by atoms with Crippen molar-refractivity contribution in [2.75, 3.05) is 43.9 Å². The maximum atomic E-state index is 11.4. The van der Waals surface area contributed by atoms with Gasteiger partial charge >= 0.3 is 0 Å². The summed E-state index contributed by atoms with van der Waals surface area (Å²) in [5.41, 5.74) is 1.21. The molecule has 1 heterocycles. The van der Waals surface area contributed by atoms with Crippen LogP contribution in [0.2, 0.25) is 0 Å². The molecule has 0 saturated carbocycles. The first-order chi connectivity index (χ1) is 11.9. The van der Waals surface area contributed by atoms with E-state index >= 15 is 0 Å². The van der Waals surface area contributed by atoms with E-state index in [1.807, 2.05) is 12.1 Å². The summed E-state index contributed by atoms with van der Waals surface area (Å²) in [7, 11) is -1.43. The molecule has 1 atom stereocenters. The topological polar surface area (TPSA) is 85.8 Å². The summed E-state index contributed by atoms with van der Waals surface area (Å²) in [5, 5.41) is 6.54. The first-order valence-electron chi connectivity index (χ1n) is 8.38. The Morgan fingerprint density at radius 3 is 2.68 bits per heavy atom. The lowest BCUT2D eigenvalue weighted by atomic mass is 10.3. The molecule has 1 fully saturated rings. The van der Waals surface area contributed by atoms with E-state index in [2.05, 4.69) is 53.3 Å². The van der Waals surface area contributed by atoms with Crippen molar-refractivity contribution in [2.45, 2.75) is 19.4 Å². The number of nitrogens with one attached hydrogen (secondary N) is 3. The molecule has 0 bridgehead atoms. The number of nitrogens with zero attached hydrogens (tertiary/aromatic N) is 2. The zero-order chi connectivity index (χ0) is 18.3. The van der Waals surface area contributed by atoms with Gasteiger partial charge < -0.3 is 15.5 Å². The fraction of sp³-hybridized carbons (Fsp3) is 0.562. The lowest BCUT2D eigenvalue weighted by Crippen LogP contribution is -2.46. The Morgan fingerprint density at radius 1 is 1.32 bits per heavy atom. The second-order valence-corrected chi connectivity index (χ2v) is 8.86. The van der Waals surface area contributed by atoms with Crippen molar-refractivity contribution >= 4 is 37.6 Å². The molecule has 7 nitrogen and oxygen atoms in total. The smallest absolute Gasteiger partial charge is 0.211 e. The number of guanidine groups is 1. The summed E-state index contributed by atoms with van der Waals surface area (Å²) in [4.78, 5) is 6.55. The van der Waals surface area contributed by atoms with Gasteiger partial charge in [0.05, 0.1) is 5.75 Å². The Kier molecular flexibility index (Phi) is 7.52. The van der Waals surface area contributed by atoms with Gasteiger partial charge in [0, 0.05) is 49.4 Å². The van der Waals surface area contributed by atoms with Crippen LogP contribution in [0.25, 0.3) is 0 Å². The minimum atomic E-state index is -3.15. The fourth-order valence-electron chi connectivity index (χ4n) is 2.64. The van der Waals surface area contributed by atoms with Gasteiger partial charge in [-0.1, -0.05) is 15.9 Å². The third-order valence-electron chi connectivity index (χ3n) is 4.06. The van der Waals surface area contributed by atoms with Crippen LogP contribution in [-0.4, -0.2) is 59.4 Å². The van der Waals surface area contributed by atoms with Crippen LogP contribution in [-0.2, 0) is 10.0 Å². The zero-order valence-electron chi connectivity index (χ0n) is 14.6. The van der Waals surface area contributed by atoms with Crippen molar-refractivity contribution in [3.05, 3.63) is 28.7 Å². The molecule has 1 unspecified atom stereocenters.